The Hall–Kier alpha value is -2.96. The lowest BCUT2D eigenvalue weighted by molar-refractivity contribution is -0.276. The van der Waals surface area contributed by atoms with Gasteiger partial charge in [0.25, 0.3) is 0 Å². The van der Waals surface area contributed by atoms with Gasteiger partial charge in [-0.25, -0.2) is 13.2 Å². The van der Waals surface area contributed by atoms with E-state index in [4.69, 9.17) is 0 Å². The molecule has 0 N–H and O–H groups in total. The highest BCUT2D eigenvalue weighted by atomic mass is 19.4. The topological polar surface area (TPSA) is 9.23 Å². The van der Waals surface area contributed by atoms with Crippen LogP contribution in [0.2, 0.25) is 0 Å². The van der Waals surface area contributed by atoms with Gasteiger partial charge in [0.15, 0.2) is 11.6 Å². The molecule has 4 rings (SSSR count). The van der Waals surface area contributed by atoms with Gasteiger partial charge in [0.05, 0.1) is 0 Å². The van der Waals surface area contributed by atoms with Gasteiger partial charge in [-0.05, 0) is 78.8 Å². The van der Waals surface area contributed by atoms with Crippen LogP contribution in [0.3, 0.4) is 0 Å². The molecule has 1 saturated carbocycles. The van der Waals surface area contributed by atoms with Gasteiger partial charge in [-0.1, -0.05) is 36.4 Å². The molecule has 0 saturated heterocycles. The number of ether oxygens (including phenoxy) is 1. The molecule has 1 nitrogen and oxygen atoms in total. The molecule has 0 amide bonds. The van der Waals surface area contributed by atoms with Crippen molar-refractivity contribution >= 4 is 0 Å². The van der Waals surface area contributed by atoms with Crippen LogP contribution in [0.15, 0.2) is 66.8 Å². The van der Waals surface area contributed by atoms with Crippen LogP contribution in [0.4, 0.5) is 26.3 Å². The van der Waals surface area contributed by atoms with Gasteiger partial charge in [-0.15, -0.1) is 19.8 Å². The molecular formula is C27H24F6O. The highest BCUT2D eigenvalue weighted by Gasteiger charge is 2.34. The third kappa shape index (κ3) is 5.40. The van der Waals surface area contributed by atoms with Crippen LogP contribution < -0.4 is 4.74 Å². The highest BCUT2D eigenvalue weighted by molar-refractivity contribution is 5.66. The van der Waals surface area contributed by atoms with Crippen molar-refractivity contribution in [1.82, 2.24) is 0 Å². The molecule has 2 aromatic carbocycles. The summed E-state index contributed by atoms with van der Waals surface area (Å²) in [4.78, 5) is 0. The normalized spacial score (nSPS) is 22.9. The average Bonchev–Trinajstić information content (AvgIpc) is 2.81. The molecule has 2 aliphatic carbocycles. The summed E-state index contributed by atoms with van der Waals surface area (Å²) in [5.41, 5.74) is 1.68. The molecule has 2 aromatic rings. The van der Waals surface area contributed by atoms with E-state index in [0.717, 1.165) is 32.1 Å². The van der Waals surface area contributed by atoms with E-state index in [1.54, 1.807) is 6.07 Å². The third-order valence-electron chi connectivity index (χ3n) is 6.65. The second-order valence-electron chi connectivity index (χ2n) is 8.81. The molecular weight excluding hydrogens is 454 g/mol. The Morgan fingerprint density at radius 3 is 2.12 bits per heavy atom. The zero-order chi connectivity index (χ0) is 24.5. The van der Waals surface area contributed by atoms with E-state index in [0.29, 0.717) is 29.5 Å². The van der Waals surface area contributed by atoms with E-state index >= 15 is 0 Å². The number of hydrogen-bond acceptors (Lipinski definition) is 1. The third-order valence-corrected chi connectivity index (χ3v) is 6.65. The SMILES string of the molecule is C=CC1CCC(C2=CCC(c3ccc(-c4cc(F)c(OC(F)(F)F)c(F)c4)c(F)c3)C=C2)CC1. The Morgan fingerprint density at radius 2 is 1.59 bits per heavy atom. The Morgan fingerprint density at radius 1 is 0.912 bits per heavy atom. The van der Waals surface area contributed by atoms with Crippen LogP contribution in [0.1, 0.15) is 43.6 Å². The highest BCUT2D eigenvalue weighted by Crippen LogP contribution is 2.39. The Bertz CT molecular complexity index is 1100. The maximum atomic E-state index is 14.9. The first-order valence-electron chi connectivity index (χ1n) is 11.2. The fourth-order valence-electron chi connectivity index (χ4n) is 4.80. The van der Waals surface area contributed by atoms with Crippen LogP contribution in [-0.4, -0.2) is 6.36 Å². The zero-order valence-corrected chi connectivity index (χ0v) is 18.3. The standard InChI is InChI=1S/C27H24F6O/c1-2-16-3-5-17(6-4-16)18-7-9-19(10-8-18)20-11-12-22(23(28)13-20)21-14-24(29)26(25(30)15-21)34-27(31,32)33/h2,7-9,11-17,19H,1,3-6,10H2. The predicted molar refractivity (Wildman–Crippen MR) is 119 cm³/mol. The summed E-state index contributed by atoms with van der Waals surface area (Å²) in [6, 6.07) is 5.59. The molecule has 1 unspecified atom stereocenters. The number of allylic oxidation sites excluding steroid dienone is 5. The summed E-state index contributed by atoms with van der Waals surface area (Å²) in [5, 5.41) is 0. The molecule has 0 bridgehead atoms. The van der Waals surface area contributed by atoms with Gasteiger partial charge in [0.1, 0.15) is 5.82 Å². The van der Waals surface area contributed by atoms with Crippen molar-refractivity contribution in [3.63, 3.8) is 0 Å². The number of benzene rings is 2. The Labute approximate surface area is 194 Å². The van der Waals surface area contributed by atoms with Crippen molar-refractivity contribution in [3.05, 3.63) is 89.8 Å². The van der Waals surface area contributed by atoms with Gasteiger partial charge >= 0.3 is 6.36 Å². The molecule has 0 radical (unpaired) electrons. The number of halogens is 6. The van der Waals surface area contributed by atoms with Crippen molar-refractivity contribution < 1.29 is 31.1 Å². The van der Waals surface area contributed by atoms with Crippen LogP contribution in [0, 0.1) is 29.3 Å². The molecule has 0 heterocycles. The monoisotopic (exact) mass is 478 g/mol. The van der Waals surface area contributed by atoms with Crippen LogP contribution in [0.25, 0.3) is 11.1 Å². The Kier molecular flexibility index (Phi) is 6.91. The molecule has 180 valence electrons. The predicted octanol–water partition coefficient (Wildman–Crippen LogP) is 8.63. The lowest BCUT2D eigenvalue weighted by atomic mass is 9.76. The van der Waals surface area contributed by atoms with E-state index in [1.807, 2.05) is 12.2 Å². The van der Waals surface area contributed by atoms with Crippen molar-refractivity contribution in [2.75, 3.05) is 0 Å². The summed E-state index contributed by atoms with van der Waals surface area (Å²) in [7, 11) is 0. The van der Waals surface area contributed by atoms with E-state index in [-0.39, 0.29) is 17.0 Å². The fourth-order valence-corrected chi connectivity index (χ4v) is 4.80. The minimum atomic E-state index is -5.25. The van der Waals surface area contributed by atoms with Gasteiger partial charge in [-0.2, -0.15) is 0 Å². The van der Waals surface area contributed by atoms with Gasteiger partial charge in [0.2, 0.25) is 5.75 Å². The first-order chi connectivity index (χ1) is 16.1. The average molecular weight is 478 g/mol. The summed E-state index contributed by atoms with van der Waals surface area (Å²) in [6.45, 7) is 3.88. The summed E-state index contributed by atoms with van der Waals surface area (Å²) in [6.07, 6.45) is 8.38. The molecule has 0 spiro atoms. The quantitative estimate of drug-likeness (QED) is 0.309. The maximum Gasteiger partial charge on any atom is 0.573 e. The number of hydrogen-bond donors (Lipinski definition) is 0. The van der Waals surface area contributed by atoms with Crippen molar-refractivity contribution in [2.45, 2.75) is 44.4 Å². The van der Waals surface area contributed by atoms with Gasteiger partial charge < -0.3 is 4.74 Å². The molecule has 2 aliphatic rings. The molecule has 1 fully saturated rings. The summed E-state index contributed by atoms with van der Waals surface area (Å²) >= 11 is 0. The Balaban J connectivity index is 1.48. The largest absolute Gasteiger partial charge is 0.573 e. The van der Waals surface area contributed by atoms with E-state index in [9.17, 15) is 26.3 Å². The molecule has 34 heavy (non-hydrogen) atoms. The summed E-state index contributed by atoms with van der Waals surface area (Å²) in [5.74, 6) is -4.33. The first-order valence-corrected chi connectivity index (χ1v) is 11.2. The fraction of sp³-hybridized carbons (Fsp3) is 0.333. The van der Waals surface area contributed by atoms with Gasteiger partial charge in [0, 0.05) is 11.5 Å². The zero-order valence-electron chi connectivity index (χ0n) is 18.3. The van der Waals surface area contributed by atoms with Crippen molar-refractivity contribution in [1.29, 1.82) is 0 Å². The number of rotatable bonds is 5. The molecule has 0 aromatic heterocycles. The van der Waals surface area contributed by atoms with Crippen LogP contribution >= 0.6 is 0 Å². The van der Waals surface area contributed by atoms with Gasteiger partial charge in [-0.3, -0.25) is 0 Å². The van der Waals surface area contributed by atoms with Crippen LogP contribution in [-0.2, 0) is 0 Å². The minimum Gasteiger partial charge on any atom is -0.399 e. The van der Waals surface area contributed by atoms with E-state index < -0.39 is 29.6 Å². The first kappa shape index (κ1) is 24.2. The lowest BCUT2D eigenvalue weighted by Gasteiger charge is -2.29. The van der Waals surface area contributed by atoms with Crippen LogP contribution in [0.5, 0.6) is 5.75 Å². The molecule has 0 aliphatic heterocycles. The minimum absolute atomic E-state index is 0.0344. The second kappa shape index (κ2) is 9.72. The van der Waals surface area contributed by atoms with Crippen molar-refractivity contribution in [2.24, 2.45) is 11.8 Å². The van der Waals surface area contributed by atoms with E-state index in [2.05, 4.69) is 23.5 Å². The van der Waals surface area contributed by atoms with E-state index in [1.165, 1.54) is 17.7 Å². The molecule has 1 atom stereocenters. The summed E-state index contributed by atoms with van der Waals surface area (Å²) < 4.78 is 83.4. The molecule has 7 heteroatoms. The second-order valence-corrected chi connectivity index (χ2v) is 8.81. The number of alkyl halides is 3. The van der Waals surface area contributed by atoms with Crippen molar-refractivity contribution in [3.8, 4) is 16.9 Å². The lowest BCUT2D eigenvalue weighted by Crippen LogP contribution is -2.19. The smallest absolute Gasteiger partial charge is 0.399 e. The maximum absolute atomic E-state index is 14.9.